The van der Waals surface area contributed by atoms with E-state index in [1.54, 1.807) is 6.92 Å². The zero-order valence-corrected chi connectivity index (χ0v) is 7.80. The van der Waals surface area contributed by atoms with Crippen molar-refractivity contribution in [1.82, 2.24) is 0 Å². The van der Waals surface area contributed by atoms with Crippen LogP contribution in [0.1, 0.15) is 26.2 Å². The van der Waals surface area contributed by atoms with Crippen molar-refractivity contribution in [2.45, 2.75) is 26.2 Å². The predicted molar refractivity (Wildman–Crippen MR) is 49.3 cm³/mol. The van der Waals surface area contributed by atoms with Crippen molar-refractivity contribution in [1.29, 1.82) is 0 Å². The average Bonchev–Trinajstić information content (AvgIpc) is 2.10. The molecule has 1 rings (SSSR count). The summed E-state index contributed by atoms with van der Waals surface area (Å²) in [5.41, 5.74) is 1.01. The molecule has 0 aromatic rings. The number of ether oxygens (including phenoxy) is 1. The van der Waals surface area contributed by atoms with Crippen LogP contribution in [0.3, 0.4) is 0 Å². The first kappa shape index (κ1) is 9.84. The van der Waals surface area contributed by atoms with Crippen LogP contribution in [0.5, 0.6) is 0 Å². The summed E-state index contributed by atoms with van der Waals surface area (Å²) in [6, 6.07) is 0. The first-order chi connectivity index (χ1) is 6.16. The summed E-state index contributed by atoms with van der Waals surface area (Å²) in [5.74, 6) is -0.384. The molecule has 0 fully saturated rings. The first-order valence-corrected chi connectivity index (χ1v) is 4.44. The summed E-state index contributed by atoms with van der Waals surface area (Å²) in [4.78, 5) is 11.3. The lowest BCUT2D eigenvalue weighted by Crippen LogP contribution is -2.14. The van der Waals surface area contributed by atoms with Gasteiger partial charge in [0.05, 0.1) is 12.2 Å². The molecule has 0 heterocycles. The number of aliphatic hydroxyl groups excluding tert-OH is 1. The number of rotatable bonds is 2. The van der Waals surface area contributed by atoms with E-state index in [2.05, 4.69) is 6.58 Å². The molecular weight excluding hydrogens is 168 g/mol. The minimum absolute atomic E-state index is 0.0321. The largest absolute Gasteiger partial charge is 0.507 e. The zero-order valence-electron chi connectivity index (χ0n) is 7.80. The molecule has 0 amide bonds. The van der Waals surface area contributed by atoms with Crippen molar-refractivity contribution >= 4 is 5.97 Å². The first-order valence-electron chi connectivity index (χ1n) is 4.44. The van der Waals surface area contributed by atoms with Crippen LogP contribution in [0, 0.1) is 0 Å². The molecule has 1 aliphatic carbocycles. The molecule has 0 aromatic heterocycles. The van der Waals surface area contributed by atoms with Gasteiger partial charge in [-0.05, 0) is 31.8 Å². The number of esters is 1. The molecule has 3 nitrogen and oxygen atoms in total. The van der Waals surface area contributed by atoms with Crippen molar-refractivity contribution in [2.75, 3.05) is 6.61 Å². The second-order valence-corrected chi connectivity index (χ2v) is 3.00. The number of hydrogen-bond donors (Lipinski definition) is 1. The molecule has 0 unspecified atom stereocenters. The highest BCUT2D eigenvalue weighted by molar-refractivity contribution is 5.90. The fourth-order valence-electron chi connectivity index (χ4n) is 1.35. The van der Waals surface area contributed by atoms with E-state index in [9.17, 15) is 9.90 Å². The lowest BCUT2D eigenvalue weighted by Gasteiger charge is -2.16. The fraction of sp³-hybridized carbons (Fsp3) is 0.500. The Morgan fingerprint density at radius 1 is 1.62 bits per heavy atom. The number of carbonyl (C=O) groups excluding carboxylic acids is 1. The van der Waals surface area contributed by atoms with E-state index in [0.29, 0.717) is 24.2 Å². The number of aliphatic hydroxyl groups is 1. The molecule has 0 spiro atoms. The van der Waals surface area contributed by atoms with E-state index < -0.39 is 5.97 Å². The quantitative estimate of drug-likeness (QED) is 0.665. The van der Waals surface area contributed by atoms with E-state index in [0.717, 1.165) is 12.8 Å². The zero-order chi connectivity index (χ0) is 9.84. The minimum Gasteiger partial charge on any atom is -0.507 e. The Kier molecular flexibility index (Phi) is 3.12. The molecule has 13 heavy (non-hydrogen) atoms. The van der Waals surface area contributed by atoms with Crippen molar-refractivity contribution < 1.29 is 14.6 Å². The molecule has 1 aliphatic rings. The third-order valence-corrected chi connectivity index (χ3v) is 2.05. The summed E-state index contributed by atoms with van der Waals surface area (Å²) in [6.07, 6.45) is 2.20. The summed E-state index contributed by atoms with van der Waals surface area (Å²) < 4.78 is 4.80. The summed E-state index contributed by atoms with van der Waals surface area (Å²) in [6.45, 7) is 5.75. The molecule has 1 N–H and O–H groups in total. The van der Waals surface area contributed by atoms with Gasteiger partial charge in [-0.1, -0.05) is 6.58 Å². The van der Waals surface area contributed by atoms with Gasteiger partial charge in [0.1, 0.15) is 5.76 Å². The Hall–Kier alpha value is -1.25. The van der Waals surface area contributed by atoms with Crippen molar-refractivity contribution in [3.8, 4) is 0 Å². The van der Waals surface area contributed by atoms with E-state index >= 15 is 0 Å². The van der Waals surface area contributed by atoms with E-state index in [4.69, 9.17) is 4.74 Å². The van der Waals surface area contributed by atoms with Crippen LogP contribution in [0.15, 0.2) is 23.5 Å². The standard InChI is InChI=1S/C10H14O3/c1-3-13-10(12)8-6-4-5-7(2)9(8)11/h11H,2-6H2,1H3. The molecule has 0 saturated carbocycles. The van der Waals surface area contributed by atoms with Crippen LogP contribution >= 0.6 is 0 Å². The average molecular weight is 182 g/mol. The van der Waals surface area contributed by atoms with Crippen molar-refractivity contribution in [2.24, 2.45) is 0 Å². The molecule has 0 aromatic carbocycles. The lowest BCUT2D eigenvalue weighted by atomic mass is 9.94. The maximum absolute atomic E-state index is 11.3. The molecule has 0 radical (unpaired) electrons. The topological polar surface area (TPSA) is 46.5 Å². The van der Waals surface area contributed by atoms with Gasteiger partial charge in [-0.2, -0.15) is 0 Å². The lowest BCUT2D eigenvalue weighted by molar-refractivity contribution is -0.139. The van der Waals surface area contributed by atoms with Crippen LogP contribution in [0.25, 0.3) is 0 Å². The van der Waals surface area contributed by atoms with E-state index in [-0.39, 0.29) is 5.76 Å². The smallest absolute Gasteiger partial charge is 0.337 e. The van der Waals surface area contributed by atoms with Gasteiger partial charge in [-0.25, -0.2) is 4.79 Å². The highest BCUT2D eigenvalue weighted by Gasteiger charge is 2.21. The second-order valence-electron chi connectivity index (χ2n) is 3.00. The van der Waals surface area contributed by atoms with E-state index in [1.165, 1.54) is 0 Å². The minimum atomic E-state index is -0.416. The number of allylic oxidation sites excluding steroid dienone is 1. The highest BCUT2D eigenvalue weighted by atomic mass is 16.5. The molecule has 0 atom stereocenters. The molecular formula is C10H14O3. The van der Waals surface area contributed by atoms with Crippen LogP contribution in [0.4, 0.5) is 0 Å². The maximum Gasteiger partial charge on any atom is 0.337 e. The van der Waals surface area contributed by atoms with Crippen molar-refractivity contribution in [3.63, 3.8) is 0 Å². The third kappa shape index (κ3) is 2.11. The normalized spacial score (nSPS) is 17.5. The molecule has 0 saturated heterocycles. The van der Waals surface area contributed by atoms with Gasteiger partial charge in [0.15, 0.2) is 0 Å². The van der Waals surface area contributed by atoms with E-state index in [1.807, 2.05) is 0 Å². The number of hydrogen-bond acceptors (Lipinski definition) is 3. The molecule has 0 bridgehead atoms. The number of carbonyl (C=O) groups is 1. The van der Waals surface area contributed by atoms with Crippen LogP contribution in [0.2, 0.25) is 0 Å². The molecule has 3 heteroatoms. The Labute approximate surface area is 77.7 Å². The van der Waals surface area contributed by atoms with Gasteiger partial charge in [0.25, 0.3) is 0 Å². The maximum atomic E-state index is 11.3. The van der Waals surface area contributed by atoms with Crippen LogP contribution in [-0.4, -0.2) is 17.7 Å². The highest BCUT2D eigenvalue weighted by Crippen LogP contribution is 2.27. The van der Waals surface area contributed by atoms with Gasteiger partial charge in [-0.15, -0.1) is 0 Å². The van der Waals surface area contributed by atoms with Gasteiger partial charge >= 0.3 is 5.97 Å². The molecule has 0 aliphatic heterocycles. The summed E-state index contributed by atoms with van der Waals surface area (Å²) in [5, 5.41) is 9.51. The Bertz CT molecular complexity index is 263. The SMILES string of the molecule is C=C1CCCC(C(=O)OCC)=C1O. The Morgan fingerprint density at radius 2 is 2.31 bits per heavy atom. The predicted octanol–water partition coefficient (Wildman–Crippen LogP) is 2.10. The monoisotopic (exact) mass is 182 g/mol. The van der Waals surface area contributed by atoms with Crippen LogP contribution < -0.4 is 0 Å². The van der Waals surface area contributed by atoms with Gasteiger partial charge < -0.3 is 9.84 Å². The van der Waals surface area contributed by atoms with Gasteiger partial charge in [-0.3, -0.25) is 0 Å². The Balaban J connectivity index is 2.82. The Morgan fingerprint density at radius 3 is 2.92 bits per heavy atom. The third-order valence-electron chi connectivity index (χ3n) is 2.05. The molecule has 72 valence electrons. The van der Waals surface area contributed by atoms with Gasteiger partial charge in [0, 0.05) is 0 Å². The van der Waals surface area contributed by atoms with Crippen molar-refractivity contribution in [3.05, 3.63) is 23.5 Å². The fourth-order valence-corrected chi connectivity index (χ4v) is 1.35. The van der Waals surface area contributed by atoms with Gasteiger partial charge in [0.2, 0.25) is 0 Å². The summed E-state index contributed by atoms with van der Waals surface area (Å²) in [7, 11) is 0. The van der Waals surface area contributed by atoms with Crippen LogP contribution in [-0.2, 0) is 9.53 Å². The second kappa shape index (κ2) is 4.12. The summed E-state index contributed by atoms with van der Waals surface area (Å²) >= 11 is 0.